The van der Waals surface area contributed by atoms with Crippen molar-refractivity contribution in [1.82, 2.24) is 5.32 Å². The number of quaternary nitrogens is 1. The van der Waals surface area contributed by atoms with Crippen LogP contribution in [0.4, 0.5) is 0 Å². The van der Waals surface area contributed by atoms with E-state index in [9.17, 15) is 4.79 Å². The second-order valence-electron chi connectivity index (χ2n) is 6.90. The number of amides is 1. The highest BCUT2D eigenvalue weighted by Crippen LogP contribution is 2.22. The lowest BCUT2D eigenvalue weighted by Gasteiger charge is -2.24. The summed E-state index contributed by atoms with van der Waals surface area (Å²) >= 11 is 0. The molecule has 0 saturated heterocycles. The summed E-state index contributed by atoms with van der Waals surface area (Å²) in [5.74, 6) is 0.866. The third kappa shape index (κ3) is 5.33. The van der Waals surface area contributed by atoms with Crippen LogP contribution in [0.2, 0.25) is 0 Å². The average Bonchev–Trinajstić information content (AvgIpc) is 2.67. The zero-order valence-corrected chi connectivity index (χ0v) is 16.3. The number of carbonyl (C=O) groups is 1. The zero-order valence-electron chi connectivity index (χ0n) is 16.3. The number of hydrogen-bond acceptors (Lipinski definition) is 2. The van der Waals surface area contributed by atoms with Gasteiger partial charge in [0.1, 0.15) is 11.8 Å². The van der Waals surface area contributed by atoms with Gasteiger partial charge in [0.05, 0.1) is 33.7 Å². The van der Waals surface area contributed by atoms with Gasteiger partial charge < -0.3 is 15.0 Å². The fourth-order valence-electron chi connectivity index (χ4n) is 3.24. The topological polar surface area (TPSA) is 42.8 Å². The van der Waals surface area contributed by atoms with Gasteiger partial charge in [-0.05, 0) is 36.2 Å². The highest BCUT2D eigenvalue weighted by Gasteiger charge is 2.23. The summed E-state index contributed by atoms with van der Waals surface area (Å²) in [6.07, 6.45) is 1.84. The Balaban J connectivity index is 2.07. The predicted octanol–water partition coefficient (Wildman–Crippen LogP) is 2.58. The number of benzene rings is 2. The van der Waals surface area contributed by atoms with Crippen LogP contribution in [0.5, 0.6) is 5.75 Å². The number of carbonyl (C=O) groups excluding carboxylic acids is 1. The SMILES string of the molecule is CCC[C@@H](C(=O)NC[C@H](c1ccc(OC)cc1)[NH+](C)C)c1ccccc1. The van der Waals surface area contributed by atoms with Crippen molar-refractivity contribution in [3.8, 4) is 5.75 Å². The number of rotatable bonds is 9. The smallest absolute Gasteiger partial charge is 0.227 e. The summed E-state index contributed by atoms with van der Waals surface area (Å²) in [4.78, 5) is 14.1. The van der Waals surface area contributed by atoms with Crippen molar-refractivity contribution in [3.05, 3.63) is 65.7 Å². The molecule has 4 nitrogen and oxygen atoms in total. The first kappa shape index (κ1) is 20.0. The van der Waals surface area contributed by atoms with Gasteiger partial charge in [0.25, 0.3) is 0 Å². The van der Waals surface area contributed by atoms with E-state index in [4.69, 9.17) is 4.74 Å². The maximum absolute atomic E-state index is 12.9. The molecule has 0 unspecified atom stereocenters. The highest BCUT2D eigenvalue weighted by atomic mass is 16.5. The van der Waals surface area contributed by atoms with E-state index in [1.165, 1.54) is 10.5 Å². The second kappa shape index (κ2) is 9.97. The van der Waals surface area contributed by atoms with Crippen LogP contribution < -0.4 is 15.0 Å². The van der Waals surface area contributed by atoms with Gasteiger partial charge in [0.2, 0.25) is 5.91 Å². The van der Waals surface area contributed by atoms with E-state index in [1.54, 1.807) is 7.11 Å². The number of methoxy groups -OCH3 is 1. The molecule has 0 spiro atoms. The third-order valence-electron chi connectivity index (χ3n) is 4.79. The van der Waals surface area contributed by atoms with E-state index in [0.29, 0.717) is 6.54 Å². The highest BCUT2D eigenvalue weighted by molar-refractivity contribution is 5.83. The minimum Gasteiger partial charge on any atom is -0.497 e. The van der Waals surface area contributed by atoms with E-state index in [0.717, 1.165) is 24.2 Å². The molecule has 0 bridgehead atoms. The number of ether oxygens (including phenoxy) is 1. The Morgan fingerprint density at radius 3 is 2.23 bits per heavy atom. The fraction of sp³-hybridized carbons (Fsp3) is 0.409. The molecule has 4 heteroatoms. The van der Waals surface area contributed by atoms with Crippen LogP contribution in [0.1, 0.15) is 42.9 Å². The number of nitrogens with one attached hydrogen (secondary N) is 2. The molecule has 0 aromatic heterocycles. The predicted molar refractivity (Wildman–Crippen MR) is 106 cm³/mol. The second-order valence-corrected chi connectivity index (χ2v) is 6.90. The first-order chi connectivity index (χ1) is 12.6. The summed E-state index contributed by atoms with van der Waals surface area (Å²) < 4.78 is 5.24. The largest absolute Gasteiger partial charge is 0.497 e. The lowest BCUT2D eigenvalue weighted by atomic mass is 9.93. The van der Waals surface area contributed by atoms with Gasteiger partial charge in [-0.25, -0.2) is 0 Å². The molecule has 0 radical (unpaired) electrons. The normalized spacial score (nSPS) is 13.3. The molecule has 2 aromatic carbocycles. The number of likely N-dealkylation sites (N-methyl/N-ethyl adjacent to an activating group) is 1. The van der Waals surface area contributed by atoms with Crippen LogP contribution in [-0.2, 0) is 4.79 Å². The van der Waals surface area contributed by atoms with Crippen LogP contribution in [0.25, 0.3) is 0 Å². The standard InChI is InChI=1S/C22H30N2O2/c1-5-9-20(17-10-7-6-8-11-17)22(25)23-16-21(24(2)3)18-12-14-19(26-4)15-13-18/h6-8,10-15,20-21H,5,9,16H2,1-4H3,(H,23,25)/p+1/t20-,21-/m1/s1. The molecule has 26 heavy (non-hydrogen) atoms. The van der Waals surface area contributed by atoms with Crippen molar-refractivity contribution in [1.29, 1.82) is 0 Å². The molecule has 0 aliphatic carbocycles. The van der Waals surface area contributed by atoms with Gasteiger partial charge in [-0.1, -0.05) is 43.7 Å². The molecule has 0 heterocycles. The molecule has 0 fully saturated rings. The van der Waals surface area contributed by atoms with E-state index < -0.39 is 0 Å². The molecule has 0 saturated carbocycles. The maximum Gasteiger partial charge on any atom is 0.227 e. The van der Waals surface area contributed by atoms with Gasteiger partial charge in [-0.2, -0.15) is 0 Å². The third-order valence-corrected chi connectivity index (χ3v) is 4.79. The van der Waals surface area contributed by atoms with E-state index in [-0.39, 0.29) is 17.9 Å². The van der Waals surface area contributed by atoms with Crippen LogP contribution in [0.15, 0.2) is 54.6 Å². The van der Waals surface area contributed by atoms with Crippen LogP contribution in [-0.4, -0.2) is 33.7 Å². The molecule has 0 aliphatic rings. The van der Waals surface area contributed by atoms with Gasteiger partial charge in [-0.3, -0.25) is 4.79 Å². The maximum atomic E-state index is 12.9. The molecule has 2 rings (SSSR count). The van der Waals surface area contributed by atoms with Gasteiger partial charge in [0, 0.05) is 5.56 Å². The molecule has 0 aliphatic heterocycles. The Bertz CT molecular complexity index is 668. The zero-order chi connectivity index (χ0) is 18.9. The molecule has 140 valence electrons. The van der Waals surface area contributed by atoms with E-state index in [2.05, 4.69) is 38.5 Å². The average molecular weight is 356 g/mol. The van der Waals surface area contributed by atoms with E-state index in [1.807, 2.05) is 42.5 Å². The molecular weight excluding hydrogens is 324 g/mol. The van der Waals surface area contributed by atoms with Crippen molar-refractivity contribution in [2.24, 2.45) is 0 Å². The molecule has 1 amide bonds. The summed E-state index contributed by atoms with van der Waals surface area (Å²) in [5.41, 5.74) is 2.28. The first-order valence-corrected chi connectivity index (χ1v) is 9.33. The Morgan fingerprint density at radius 1 is 1.04 bits per heavy atom. The minimum atomic E-state index is -0.0881. The fourth-order valence-corrected chi connectivity index (χ4v) is 3.24. The van der Waals surface area contributed by atoms with Crippen LogP contribution in [0, 0.1) is 0 Å². The Labute approximate surface area is 157 Å². The monoisotopic (exact) mass is 355 g/mol. The number of hydrogen-bond donors (Lipinski definition) is 2. The van der Waals surface area contributed by atoms with E-state index >= 15 is 0 Å². The van der Waals surface area contributed by atoms with Crippen molar-refractivity contribution in [3.63, 3.8) is 0 Å². The minimum absolute atomic E-state index is 0.0881. The summed E-state index contributed by atoms with van der Waals surface area (Å²) in [6, 6.07) is 18.3. The Morgan fingerprint density at radius 2 is 1.69 bits per heavy atom. The quantitative estimate of drug-likeness (QED) is 0.726. The van der Waals surface area contributed by atoms with Gasteiger partial charge >= 0.3 is 0 Å². The lowest BCUT2D eigenvalue weighted by molar-refractivity contribution is -0.890. The summed E-state index contributed by atoms with van der Waals surface area (Å²) in [6.45, 7) is 2.73. The Kier molecular flexibility index (Phi) is 7.67. The van der Waals surface area contributed by atoms with Crippen molar-refractivity contribution < 1.29 is 14.4 Å². The molecule has 2 aromatic rings. The Hall–Kier alpha value is -2.33. The molecule has 2 N–H and O–H groups in total. The van der Waals surface area contributed by atoms with Gasteiger partial charge in [0.15, 0.2) is 0 Å². The van der Waals surface area contributed by atoms with Crippen LogP contribution >= 0.6 is 0 Å². The van der Waals surface area contributed by atoms with Crippen LogP contribution in [0.3, 0.4) is 0 Å². The molecule has 2 atom stereocenters. The molecular formula is C22H31N2O2+. The summed E-state index contributed by atoms with van der Waals surface area (Å²) in [7, 11) is 5.89. The van der Waals surface area contributed by atoms with Gasteiger partial charge in [-0.15, -0.1) is 0 Å². The lowest BCUT2D eigenvalue weighted by Crippen LogP contribution is -3.07. The van der Waals surface area contributed by atoms with Crippen molar-refractivity contribution in [2.45, 2.75) is 31.7 Å². The van der Waals surface area contributed by atoms with Crippen molar-refractivity contribution in [2.75, 3.05) is 27.7 Å². The summed E-state index contributed by atoms with van der Waals surface area (Å²) in [5, 5.41) is 3.18. The van der Waals surface area contributed by atoms with Crippen molar-refractivity contribution >= 4 is 5.91 Å². The first-order valence-electron chi connectivity index (χ1n) is 9.33.